The molecule has 0 amide bonds. The number of aromatic amines is 1. The Kier molecular flexibility index (Phi) is 3.65. The summed E-state index contributed by atoms with van der Waals surface area (Å²) in [5, 5.41) is 1.09. The third kappa shape index (κ3) is 2.64. The third-order valence-electron chi connectivity index (χ3n) is 4.96. The number of aromatic nitrogens is 1. The second-order valence-corrected chi connectivity index (χ2v) is 6.62. The van der Waals surface area contributed by atoms with E-state index in [2.05, 4.69) is 11.1 Å². The number of fused-ring (bicyclic) bond motifs is 2. The normalized spacial score (nSPS) is 17.7. The summed E-state index contributed by atoms with van der Waals surface area (Å²) < 4.78 is 6.26. The predicted molar refractivity (Wildman–Crippen MR) is 107 cm³/mol. The average molecular weight is 351 g/mol. The zero-order valence-electron chi connectivity index (χ0n) is 14.6. The number of hydrogen-bond acceptors (Lipinski definition) is 2. The molecule has 0 aliphatic carbocycles. The maximum absolute atomic E-state index is 13.3. The summed E-state index contributed by atoms with van der Waals surface area (Å²) >= 11 is 0. The molecular formula is C24H17NO2. The molecule has 0 unspecified atom stereocenters. The first-order valence-electron chi connectivity index (χ1n) is 8.94. The Balaban J connectivity index is 1.70. The van der Waals surface area contributed by atoms with Crippen LogP contribution in [-0.2, 0) is 0 Å². The molecule has 0 saturated carbocycles. The molecule has 0 saturated heterocycles. The minimum atomic E-state index is -0.428. The lowest BCUT2D eigenvalue weighted by molar-refractivity contribution is 0.0963. The van der Waals surface area contributed by atoms with Crippen molar-refractivity contribution in [2.75, 3.05) is 0 Å². The van der Waals surface area contributed by atoms with Crippen LogP contribution in [0.4, 0.5) is 0 Å². The molecule has 1 aliphatic rings. The number of rotatable bonds is 2. The van der Waals surface area contributed by atoms with Gasteiger partial charge in [0.15, 0.2) is 11.9 Å². The van der Waals surface area contributed by atoms with Gasteiger partial charge in [0.2, 0.25) is 0 Å². The van der Waals surface area contributed by atoms with Crippen LogP contribution in [0.5, 0.6) is 5.75 Å². The lowest BCUT2D eigenvalue weighted by Gasteiger charge is -2.28. The second kappa shape index (κ2) is 6.29. The Morgan fingerprint density at radius 2 is 1.59 bits per heavy atom. The van der Waals surface area contributed by atoms with Gasteiger partial charge in [0, 0.05) is 28.2 Å². The van der Waals surface area contributed by atoms with Gasteiger partial charge in [0.25, 0.3) is 0 Å². The van der Waals surface area contributed by atoms with Gasteiger partial charge in [-0.15, -0.1) is 0 Å². The van der Waals surface area contributed by atoms with Gasteiger partial charge in [-0.3, -0.25) is 4.79 Å². The maximum atomic E-state index is 13.3. The van der Waals surface area contributed by atoms with E-state index in [9.17, 15) is 4.79 Å². The zero-order valence-corrected chi connectivity index (χ0v) is 14.6. The van der Waals surface area contributed by atoms with Crippen molar-refractivity contribution in [2.45, 2.75) is 6.10 Å². The van der Waals surface area contributed by atoms with E-state index in [-0.39, 0.29) is 5.78 Å². The van der Waals surface area contributed by atoms with Crippen molar-refractivity contribution in [3.8, 4) is 5.75 Å². The average Bonchev–Trinajstić information content (AvgIpc) is 3.14. The summed E-state index contributed by atoms with van der Waals surface area (Å²) in [4.78, 5) is 16.6. The van der Waals surface area contributed by atoms with Gasteiger partial charge in [-0.1, -0.05) is 60.7 Å². The van der Waals surface area contributed by atoms with Crippen molar-refractivity contribution >= 4 is 22.8 Å². The van der Waals surface area contributed by atoms with Crippen LogP contribution in [0.1, 0.15) is 27.6 Å². The van der Waals surface area contributed by atoms with Gasteiger partial charge >= 0.3 is 0 Å². The number of benzene rings is 3. The third-order valence-corrected chi connectivity index (χ3v) is 4.96. The number of ether oxygens (including phenoxy) is 1. The lowest BCUT2D eigenvalue weighted by atomic mass is 9.89. The minimum absolute atomic E-state index is 0.0102. The van der Waals surface area contributed by atoms with Crippen LogP contribution in [0.2, 0.25) is 0 Å². The highest BCUT2D eigenvalue weighted by Gasteiger charge is 2.32. The number of H-pyrrole nitrogens is 1. The van der Waals surface area contributed by atoms with E-state index in [4.69, 9.17) is 4.74 Å². The summed E-state index contributed by atoms with van der Waals surface area (Å²) in [6.07, 6.45) is 3.46. The molecule has 2 heterocycles. The van der Waals surface area contributed by atoms with Gasteiger partial charge < -0.3 is 9.72 Å². The first kappa shape index (κ1) is 15.6. The van der Waals surface area contributed by atoms with Crippen LogP contribution < -0.4 is 4.74 Å². The summed E-state index contributed by atoms with van der Waals surface area (Å²) in [7, 11) is 0. The summed E-state index contributed by atoms with van der Waals surface area (Å²) in [5.74, 6) is 0.642. The SMILES string of the molecule is O=C1C(=Cc2c[nH]c3ccccc23)[C@H](c2ccccc2)Oc2ccccc21. The summed E-state index contributed by atoms with van der Waals surface area (Å²) in [5.41, 5.74) is 4.25. The van der Waals surface area contributed by atoms with Crippen molar-refractivity contribution in [1.29, 1.82) is 0 Å². The van der Waals surface area contributed by atoms with Crippen molar-refractivity contribution in [3.63, 3.8) is 0 Å². The van der Waals surface area contributed by atoms with E-state index >= 15 is 0 Å². The monoisotopic (exact) mass is 351 g/mol. The number of Topliss-reactive ketones (excluding diaryl/α,β-unsaturated/α-hetero) is 1. The largest absolute Gasteiger partial charge is 0.480 e. The van der Waals surface area contributed by atoms with Crippen LogP contribution in [0.3, 0.4) is 0 Å². The molecule has 130 valence electrons. The Bertz CT molecular complexity index is 1170. The first-order chi connectivity index (χ1) is 13.3. The van der Waals surface area contributed by atoms with Gasteiger partial charge in [0.1, 0.15) is 5.75 Å². The van der Waals surface area contributed by atoms with E-state index in [1.165, 1.54) is 0 Å². The Morgan fingerprint density at radius 3 is 2.48 bits per heavy atom. The number of carbonyl (C=O) groups is 1. The topological polar surface area (TPSA) is 42.1 Å². The molecule has 3 aromatic carbocycles. The Morgan fingerprint density at radius 1 is 0.852 bits per heavy atom. The van der Waals surface area contributed by atoms with Crippen LogP contribution >= 0.6 is 0 Å². The highest BCUT2D eigenvalue weighted by molar-refractivity contribution is 6.15. The minimum Gasteiger partial charge on any atom is -0.480 e. The molecule has 1 atom stereocenters. The molecule has 1 aliphatic heterocycles. The molecule has 1 N–H and O–H groups in total. The molecule has 1 aromatic heterocycles. The number of carbonyl (C=O) groups excluding carboxylic acids is 1. The second-order valence-electron chi connectivity index (χ2n) is 6.62. The summed E-state index contributed by atoms with van der Waals surface area (Å²) in [6, 6.07) is 25.4. The molecule has 5 rings (SSSR count). The fourth-order valence-electron chi connectivity index (χ4n) is 3.62. The Hall–Kier alpha value is -3.59. The lowest BCUT2D eigenvalue weighted by Crippen LogP contribution is -2.23. The van der Waals surface area contributed by atoms with Crippen LogP contribution in [0, 0.1) is 0 Å². The van der Waals surface area contributed by atoms with Gasteiger partial charge in [0.05, 0.1) is 5.56 Å². The van der Waals surface area contributed by atoms with Crippen LogP contribution in [0.15, 0.2) is 90.6 Å². The van der Waals surface area contributed by atoms with E-state index in [0.717, 1.165) is 22.0 Å². The molecule has 4 aromatic rings. The van der Waals surface area contributed by atoms with Gasteiger partial charge in [-0.05, 0) is 29.8 Å². The van der Waals surface area contributed by atoms with E-state index in [0.29, 0.717) is 16.9 Å². The fourth-order valence-corrected chi connectivity index (χ4v) is 3.62. The Labute approximate surface area is 156 Å². The van der Waals surface area contributed by atoms with Gasteiger partial charge in [-0.2, -0.15) is 0 Å². The molecule has 3 heteroatoms. The van der Waals surface area contributed by atoms with Crippen molar-refractivity contribution in [3.05, 3.63) is 107 Å². The predicted octanol–water partition coefficient (Wildman–Crippen LogP) is 5.57. The van der Waals surface area contributed by atoms with E-state index in [1.807, 2.05) is 85.1 Å². The van der Waals surface area contributed by atoms with Crippen molar-refractivity contribution in [2.24, 2.45) is 0 Å². The molecule has 0 spiro atoms. The zero-order chi connectivity index (χ0) is 18.2. The van der Waals surface area contributed by atoms with Gasteiger partial charge in [-0.25, -0.2) is 0 Å². The molecule has 27 heavy (non-hydrogen) atoms. The highest BCUT2D eigenvalue weighted by Crippen LogP contribution is 2.39. The van der Waals surface area contributed by atoms with Crippen LogP contribution in [-0.4, -0.2) is 10.8 Å². The van der Waals surface area contributed by atoms with Crippen LogP contribution in [0.25, 0.3) is 17.0 Å². The number of hydrogen-bond donors (Lipinski definition) is 1. The quantitative estimate of drug-likeness (QED) is 0.480. The molecule has 3 nitrogen and oxygen atoms in total. The van der Waals surface area contributed by atoms with Crippen molar-refractivity contribution < 1.29 is 9.53 Å². The number of ketones is 1. The highest BCUT2D eigenvalue weighted by atomic mass is 16.5. The first-order valence-corrected chi connectivity index (χ1v) is 8.94. The van der Waals surface area contributed by atoms with Crippen molar-refractivity contribution in [1.82, 2.24) is 4.98 Å². The maximum Gasteiger partial charge on any atom is 0.196 e. The standard InChI is InChI=1S/C24H17NO2/c26-23-19-11-5-7-13-22(19)27-24(16-8-2-1-3-9-16)20(23)14-17-15-25-21-12-6-4-10-18(17)21/h1-15,24-25H/t24-/m0/s1. The molecular weight excluding hydrogens is 334 g/mol. The number of nitrogens with one attached hydrogen (secondary N) is 1. The molecule has 0 bridgehead atoms. The smallest absolute Gasteiger partial charge is 0.196 e. The fraction of sp³-hybridized carbons (Fsp3) is 0.0417. The molecule has 0 radical (unpaired) electrons. The van der Waals surface area contributed by atoms with E-state index in [1.54, 1.807) is 0 Å². The van der Waals surface area contributed by atoms with E-state index < -0.39 is 6.10 Å². The number of para-hydroxylation sites is 2. The summed E-state index contributed by atoms with van der Waals surface area (Å²) in [6.45, 7) is 0. The molecule has 0 fully saturated rings.